The second-order valence-electron chi connectivity index (χ2n) is 9.50. The fraction of sp³-hybridized carbons (Fsp3) is 0.321. The van der Waals surface area contributed by atoms with E-state index in [1.807, 2.05) is 22.8 Å². The van der Waals surface area contributed by atoms with Crippen LogP contribution in [0.25, 0.3) is 22.2 Å². The molecule has 2 atom stereocenters. The van der Waals surface area contributed by atoms with Crippen molar-refractivity contribution in [2.75, 3.05) is 19.7 Å². The van der Waals surface area contributed by atoms with Crippen molar-refractivity contribution in [3.63, 3.8) is 0 Å². The molecule has 6 rings (SSSR count). The number of ether oxygens (including phenoxy) is 2. The van der Waals surface area contributed by atoms with Crippen LogP contribution < -0.4 is 10.3 Å². The summed E-state index contributed by atoms with van der Waals surface area (Å²) in [6.07, 6.45) is 3.18. The van der Waals surface area contributed by atoms with Crippen molar-refractivity contribution in [3.05, 3.63) is 82.5 Å². The molecule has 8 nitrogen and oxygen atoms in total. The molecule has 2 aliphatic rings. The largest absolute Gasteiger partial charge is 0.434 e. The number of aromatic amines is 1. The van der Waals surface area contributed by atoms with Crippen molar-refractivity contribution < 1.29 is 23.0 Å². The number of amides is 1. The Kier molecular flexibility index (Phi) is 6.40. The lowest BCUT2D eigenvalue weighted by Crippen LogP contribution is -2.28. The third-order valence-electron chi connectivity index (χ3n) is 7.22. The first kappa shape index (κ1) is 24.3. The van der Waals surface area contributed by atoms with Gasteiger partial charge in [0.15, 0.2) is 0 Å². The van der Waals surface area contributed by atoms with E-state index < -0.39 is 6.61 Å². The van der Waals surface area contributed by atoms with Gasteiger partial charge in [-0.2, -0.15) is 8.78 Å². The zero-order valence-electron chi connectivity index (χ0n) is 20.5. The van der Waals surface area contributed by atoms with E-state index in [0.29, 0.717) is 37.4 Å². The van der Waals surface area contributed by atoms with Crippen molar-refractivity contribution in [1.82, 2.24) is 19.4 Å². The molecular weight excluding hydrogens is 494 g/mol. The van der Waals surface area contributed by atoms with Crippen LogP contribution in [0.5, 0.6) is 5.75 Å². The van der Waals surface area contributed by atoms with E-state index in [1.165, 1.54) is 6.07 Å². The lowest BCUT2D eigenvalue weighted by molar-refractivity contribution is -0.128. The molecule has 38 heavy (non-hydrogen) atoms. The number of imidazole rings is 1. The van der Waals surface area contributed by atoms with Gasteiger partial charge >= 0.3 is 6.61 Å². The molecule has 196 valence electrons. The van der Waals surface area contributed by atoms with Crippen molar-refractivity contribution in [2.45, 2.75) is 38.0 Å². The first-order chi connectivity index (χ1) is 18.5. The monoisotopic (exact) mass is 520 g/mol. The number of benzene rings is 2. The molecule has 10 heteroatoms. The molecule has 1 N–H and O–H groups in total. The number of alkyl halides is 2. The van der Waals surface area contributed by atoms with Crippen LogP contribution >= 0.6 is 0 Å². The summed E-state index contributed by atoms with van der Waals surface area (Å²) < 4.78 is 39.7. The van der Waals surface area contributed by atoms with Gasteiger partial charge in [-0.05, 0) is 41.8 Å². The Hall–Kier alpha value is -4.05. The molecule has 0 saturated carbocycles. The van der Waals surface area contributed by atoms with Gasteiger partial charge in [-0.3, -0.25) is 9.59 Å². The first-order valence-corrected chi connectivity index (χ1v) is 12.6. The van der Waals surface area contributed by atoms with E-state index in [4.69, 9.17) is 14.5 Å². The molecule has 1 amide bonds. The van der Waals surface area contributed by atoms with E-state index in [-0.39, 0.29) is 29.4 Å². The van der Waals surface area contributed by atoms with E-state index in [0.717, 1.165) is 35.1 Å². The molecule has 1 saturated heterocycles. The van der Waals surface area contributed by atoms with Crippen LogP contribution in [0, 0.1) is 0 Å². The Morgan fingerprint density at radius 3 is 2.68 bits per heavy atom. The average Bonchev–Trinajstić information content (AvgIpc) is 3.59. The maximum atomic E-state index is 13.2. The van der Waals surface area contributed by atoms with Crippen molar-refractivity contribution in [3.8, 4) is 16.9 Å². The van der Waals surface area contributed by atoms with Gasteiger partial charge in [-0.15, -0.1) is 0 Å². The number of carbonyl (C=O) groups excluding carboxylic acids is 1. The van der Waals surface area contributed by atoms with Crippen LogP contribution in [-0.2, 0) is 9.53 Å². The number of carbonyl (C=O) groups is 1. The summed E-state index contributed by atoms with van der Waals surface area (Å²) in [7, 11) is 0. The molecule has 0 spiro atoms. The topological polar surface area (TPSA) is 89.4 Å². The second-order valence-corrected chi connectivity index (χ2v) is 9.50. The maximum absolute atomic E-state index is 13.2. The number of para-hydroxylation sites is 1. The number of rotatable bonds is 8. The van der Waals surface area contributed by atoms with Crippen molar-refractivity contribution >= 4 is 16.9 Å². The van der Waals surface area contributed by atoms with Crippen LogP contribution in [0.3, 0.4) is 0 Å². The summed E-state index contributed by atoms with van der Waals surface area (Å²) in [5, 5.41) is 0. The summed E-state index contributed by atoms with van der Waals surface area (Å²) in [4.78, 5) is 32.9. The second kappa shape index (κ2) is 10.0. The molecular formula is C28H26F2N4O4. The van der Waals surface area contributed by atoms with Crippen molar-refractivity contribution in [1.29, 1.82) is 0 Å². The fourth-order valence-electron chi connectivity index (χ4n) is 5.46. The number of fused-ring (bicyclic) bond motifs is 3. The number of aromatic nitrogens is 3. The van der Waals surface area contributed by atoms with E-state index in [9.17, 15) is 18.4 Å². The fourth-order valence-corrected chi connectivity index (χ4v) is 5.46. The zero-order valence-corrected chi connectivity index (χ0v) is 20.5. The summed E-state index contributed by atoms with van der Waals surface area (Å²) in [6, 6.07) is 15.5. The standard InChI is InChI=1S/C28H26F2N4O4/c29-28(30)38-23-5-2-1-4-19(23)21-15-24(37-13-12-33-11-3-6-26(33)36)27-32-20-9-7-17(14-22(20)34(21)27)18-8-10-25(35)31-16-18/h1-2,4-5,7-10,14,16,21,24,28H,3,6,11-13,15H2,(H,31,35)/t21-,24-/m1/s1. The minimum absolute atomic E-state index is 0.111. The van der Waals surface area contributed by atoms with Crippen molar-refractivity contribution in [2.24, 2.45) is 0 Å². The predicted molar refractivity (Wildman–Crippen MR) is 136 cm³/mol. The Labute approximate surface area is 216 Å². The van der Waals surface area contributed by atoms with Gasteiger partial charge in [0.2, 0.25) is 11.5 Å². The van der Waals surface area contributed by atoms with Crippen LogP contribution in [-0.4, -0.2) is 51.7 Å². The number of likely N-dealkylation sites (tertiary alicyclic amines) is 1. The van der Waals surface area contributed by atoms with Gasteiger partial charge < -0.3 is 23.9 Å². The normalized spacial score (nSPS) is 19.0. The summed E-state index contributed by atoms with van der Waals surface area (Å²) in [6.45, 7) is -1.36. The molecule has 2 aromatic carbocycles. The summed E-state index contributed by atoms with van der Waals surface area (Å²) in [5.41, 5.74) is 3.70. The van der Waals surface area contributed by atoms with Gasteiger partial charge in [0.25, 0.3) is 0 Å². The predicted octanol–water partition coefficient (Wildman–Crippen LogP) is 4.67. The highest BCUT2D eigenvalue weighted by molar-refractivity contribution is 5.83. The molecule has 2 aromatic heterocycles. The van der Waals surface area contributed by atoms with Gasteiger partial charge in [0.05, 0.1) is 23.7 Å². The Morgan fingerprint density at radius 2 is 1.92 bits per heavy atom. The molecule has 4 aromatic rings. The van der Waals surface area contributed by atoms with Crippen LogP contribution in [0.1, 0.15) is 42.8 Å². The lowest BCUT2D eigenvalue weighted by atomic mass is 10.0. The Balaban J connectivity index is 1.39. The first-order valence-electron chi connectivity index (χ1n) is 12.6. The van der Waals surface area contributed by atoms with E-state index in [2.05, 4.69) is 4.98 Å². The quantitative estimate of drug-likeness (QED) is 0.365. The molecule has 4 heterocycles. The number of hydrogen-bond donors (Lipinski definition) is 1. The number of H-pyrrole nitrogens is 1. The van der Waals surface area contributed by atoms with Gasteiger partial charge in [0.1, 0.15) is 17.7 Å². The lowest BCUT2D eigenvalue weighted by Gasteiger charge is -2.19. The molecule has 0 unspecified atom stereocenters. The van der Waals surface area contributed by atoms with Gasteiger partial charge in [0, 0.05) is 43.8 Å². The van der Waals surface area contributed by atoms with E-state index in [1.54, 1.807) is 41.4 Å². The molecule has 0 bridgehead atoms. The average molecular weight is 521 g/mol. The number of nitrogens with one attached hydrogen (secondary N) is 1. The SMILES string of the molecule is O=C1CCCN1CCO[C@@H]1C[C@H](c2ccccc2OC(F)F)n2c1nc1ccc(-c3ccc(=O)[nH]c3)cc12. The highest BCUT2D eigenvalue weighted by atomic mass is 19.3. The minimum atomic E-state index is -2.95. The molecule has 1 fully saturated rings. The third kappa shape index (κ3) is 4.56. The maximum Gasteiger partial charge on any atom is 0.387 e. The zero-order chi connectivity index (χ0) is 26.2. The highest BCUT2D eigenvalue weighted by Crippen LogP contribution is 2.46. The number of nitrogens with zero attached hydrogens (tertiary/aromatic N) is 3. The Morgan fingerprint density at radius 1 is 1.08 bits per heavy atom. The summed E-state index contributed by atoms with van der Waals surface area (Å²) >= 11 is 0. The summed E-state index contributed by atoms with van der Waals surface area (Å²) in [5.74, 6) is 0.946. The number of pyridine rings is 1. The third-order valence-corrected chi connectivity index (χ3v) is 7.22. The number of hydrogen-bond acceptors (Lipinski definition) is 5. The molecule has 0 aliphatic carbocycles. The molecule has 0 radical (unpaired) electrons. The van der Waals surface area contributed by atoms with Crippen LogP contribution in [0.2, 0.25) is 0 Å². The molecule has 2 aliphatic heterocycles. The highest BCUT2D eigenvalue weighted by Gasteiger charge is 2.37. The van der Waals surface area contributed by atoms with Crippen LogP contribution in [0.4, 0.5) is 8.78 Å². The van der Waals surface area contributed by atoms with Gasteiger partial charge in [-0.25, -0.2) is 4.98 Å². The Bertz CT molecular complexity index is 1530. The van der Waals surface area contributed by atoms with Gasteiger partial charge in [-0.1, -0.05) is 24.3 Å². The van der Waals surface area contributed by atoms with Crippen LogP contribution in [0.15, 0.2) is 65.6 Å². The van der Waals surface area contributed by atoms with E-state index >= 15 is 0 Å². The number of halogens is 2. The minimum Gasteiger partial charge on any atom is -0.434 e. The smallest absolute Gasteiger partial charge is 0.387 e.